The average Bonchev–Trinajstić information content (AvgIpc) is 2.88. The van der Waals surface area contributed by atoms with Crippen LogP contribution in [0.5, 0.6) is 0 Å². The Hall–Kier alpha value is -3.70. The predicted molar refractivity (Wildman–Crippen MR) is 157 cm³/mol. The summed E-state index contributed by atoms with van der Waals surface area (Å²) >= 11 is 0. The van der Waals surface area contributed by atoms with Crippen LogP contribution in [0.1, 0.15) is 82.1 Å². The quantitative estimate of drug-likeness (QED) is 0.0898. The lowest BCUT2D eigenvalue weighted by molar-refractivity contribution is -0.148. The summed E-state index contributed by atoms with van der Waals surface area (Å²) in [5.74, 6) is -2.20. The van der Waals surface area contributed by atoms with E-state index in [9.17, 15) is 28.8 Å². The van der Waals surface area contributed by atoms with Gasteiger partial charge in [-0.3, -0.25) is 9.59 Å². The fourth-order valence-corrected chi connectivity index (χ4v) is 1.94. The second kappa shape index (κ2) is 30.3. The van der Waals surface area contributed by atoms with Gasteiger partial charge in [-0.2, -0.15) is 0 Å². The minimum atomic E-state index is -0.726. The van der Waals surface area contributed by atoms with E-state index in [1.165, 1.54) is 13.8 Å². The maximum absolute atomic E-state index is 11.2. The first kappa shape index (κ1) is 45.3. The Morgan fingerprint density at radius 3 is 0.952 bits per heavy atom. The van der Waals surface area contributed by atoms with Crippen molar-refractivity contribution >= 4 is 35.8 Å². The zero-order valence-corrected chi connectivity index (χ0v) is 27.1. The number of ether oxygens (including phenoxy) is 6. The van der Waals surface area contributed by atoms with Crippen LogP contribution in [0.25, 0.3) is 0 Å². The molecule has 0 saturated carbocycles. The monoisotopic (exact) mass is 604 g/mol. The highest BCUT2D eigenvalue weighted by atomic mass is 16.6. The van der Waals surface area contributed by atoms with E-state index >= 15 is 0 Å². The molecule has 0 amide bonds. The Bertz CT molecular complexity index is 808. The van der Waals surface area contributed by atoms with Gasteiger partial charge in [0.25, 0.3) is 0 Å². The molecule has 0 fully saturated rings. The van der Waals surface area contributed by atoms with Crippen molar-refractivity contribution in [2.45, 2.75) is 82.1 Å². The number of carbonyl (C=O) groups excluding carboxylic acids is 6. The fourth-order valence-electron chi connectivity index (χ4n) is 1.94. The summed E-state index contributed by atoms with van der Waals surface area (Å²) < 4.78 is 27.6. The molecule has 0 aliphatic rings. The van der Waals surface area contributed by atoms with Crippen LogP contribution in [-0.4, -0.2) is 75.5 Å². The van der Waals surface area contributed by atoms with Crippen LogP contribution in [0.2, 0.25) is 0 Å². The predicted octanol–water partition coefficient (Wildman–Crippen LogP) is 4.53. The highest BCUT2D eigenvalue weighted by Gasteiger charge is 2.18. The van der Waals surface area contributed by atoms with E-state index in [1.54, 1.807) is 27.7 Å². The first-order chi connectivity index (χ1) is 19.5. The van der Waals surface area contributed by atoms with Crippen molar-refractivity contribution < 1.29 is 57.2 Å². The molecular formula is C30H52O12. The van der Waals surface area contributed by atoms with Crippen molar-refractivity contribution in [1.82, 2.24) is 0 Å². The molecule has 0 heterocycles. The Labute approximate surface area is 251 Å². The standard InChI is InChI=1S/C11H18O4.C8H12O4.C7H14O2.C4H8O2/c1-5-14-10(12)9(4)11(13)15-7-6-8(2)3;1-4-11-7(9)6(3)8(10)12-5-2;1-6(2)4-5-9-7(3)8;1-3-6-4(2)5/h8H,4-7H2,1-3H3;3-5H2,1-2H3;6H,4-5H2,1-3H3;3H2,1-2H3. The summed E-state index contributed by atoms with van der Waals surface area (Å²) in [5.41, 5.74) is -0.515. The van der Waals surface area contributed by atoms with E-state index in [1.807, 2.05) is 13.8 Å². The summed E-state index contributed by atoms with van der Waals surface area (Å²) in [4.78, 5) is 64.0. The van der Waals surface area contributed by atoms with Gasteiger partial charge in [0, 0.05) is 13.8 Å². The number of hydrogen-bond acceptors (Lipinski definition) is 12. The molecular weight excluding hydrogens is 552 g/mol. The normalized spacial score (nSPS) is 9.24. The summed E-state index contributed by atoms with van der Waals surface area (Å²) in [6.45, 7) is 26.4. The third kappa shape index (κ3) is 34.3. The average molecular weight is 605 g/mol. The lowest BCUT2D eigenvalue weighted by atomic mass is 10.1. The highest BCUT2D eigenvalue weighted by Crippen LogP contribution is 2.03. The lowest BCUT2D eigenvalue weighted by Crippen LogP contribution is -2.18. The molecule has 0 rings (SSSR count). The van der Waals surface area contributed by atoms with Gasteiger partial charge in [-0.25, -0.2) is 19.2 Å². The van der Waals surface area contributed by atoms with Gasteiger partial charge in [0.1, 0.15) is 11.1 Å². The van der Waals surface area contributed by atoms with Crippen LogP contribution in [0.15, 0.2) is 24.3 Å². The molecule has 0 aliphatic carbocycles. The van der Waals surface area contributed by atoms with Gasteiger partial charge < -0.3 is 28.4 Å². The second-order valence-corrected chi connectivity index (χ2v) is 8.88. The Kier molecular flexibility index (Phi) is 32.6. The minimum Gasteiger partial charge on any atom is -0.466 e. The summed E-state index contributed by atoms with van der Waals surface area (Å²) in [7, 11) is 0. The van der Waals surface area contributed by atoms with E-state index in [0.717, 1.165) is 12.8 Å². The Balaban J connectivity index is -0.000000241. The molecule has 0 saturated heterocycles. The van der Waals surface area contributed by atoms with E-state index < -0.39 is 23.9 Å². The van der Waals surface area contributed by atoms with Gasteiger partial charge in [0.05, 0.1) is 39.6 Å². The van der Waals surface area contributed by atoms with Crippen LogP contribution in [0.3, 0.4) is 0 Å². The zero-order chi connectivity index (χ0) is 33.7. The molecule has 42 heavy (non-hydrogen) atoms. The molecule has 0 unspecified atom stereocenters. The largest absolute Gasteiger partial charge is 0.466 e. The number of esters is 6. The molecule has 12 nitrogen and oxygen atoms in total. The van der Waals surface area contributed by atoms with Gasteiger partial charge in [-0.05, 0) is 52.4 Å². The molecule has 12 heteroatoms. The van der Waals surface area contributed by atoms with Crippen molar-refractivity contribution in [2.75, 3.05) is 39.6 Å². The molecule has 244 valence electrons. The van der Waals surface area contributed by atoms with Gasteiger partial charge in [0.2, 0.25) is 0 Å². The SMILES string of the molecule is C=C(C(=O)OCC)C(=O)OCC.C=C(C(=O)OCC)C(=O)OCCC(C)C.CC(=O)OCCC(C)C.CCOC(C)=O. The van der Waals surface area contributed by atoms with Crippen molar-refractivity contribution in [3.63, 3.8) is 0 Å². The molecule has 0 radical (unpaired) electrons. The lowest BCUT2D eigenvalue weighted by Gasteiger charge is -2.07. The smallest absolute Gasteiger partial charge is 0.344 e. The molecule has 0 spiro atoms. The molecule has 0 N–H and O–H groups in total. The van der Waals surface area contributed by atoms with Gasteiger partial charge in [0.15, 0.2) is 0 Å². The van der Waals surface area contributed by atoms with Gasteiger partial charge >= 0.3 is 35.8 Å². The van der Waals surface area contributed by atoms with E-state index in [0.29, 0.717) is 31.7 Å². The third-order valence-corrected chi connectivity index (χ3v) is 4.09. The van der Waals surface area contributed by atoms with E-state index in [4.69, 9.17) is 9.47 Å². The highest BCUT2D eigenvalue weighted by molar-refractivity contribution is 6.13. The maximum Gasteiger partial charge on any atom is 0.344 e. The first-order valence-electron chi connectivity index (χ1n) is 13.8. The van der Waals surface area contributed by atoms with Gasteiger partial charge in [-0.15, -0.1) is 0 Å². The molecule has 0 bridgehead atoms. The van der Waals surface area contributed by atoms with Crippen molar-refractivity contribution in [3.05, 3.63) is 24.3 Å². The molecule has 0 atom stereocenters. The van der Waals surface area contributed by atoms with Crippen molar-refractivity contribution in [1.29, 1.82) is 0 Å². The first-order valence-corrected chi connectivity index (χ1v) is 13.8. The van der Waals surface area contributed by atoms with Gasteiger partial charge in [-0.1, -0.05) is 40.9 Å². The zero-order valence-electron chi connectivity index (χ0n) is 27.1. The molecule has 0 aliphatic heterocycles. The van der Waals surface area contributed by atoms with Crippen LogP contribution >= 0.6 is 0 Å². The number of hydrogen-bond donors (Lipinski definition) is 0. The van der Waals surface area contributed by atoms with Crippen LogP contribution < -0.4 is 0 Å². The third-order valence-electron chi connectivity index (χ3n) is 4.09. The Morgan fingerprint density at radius 1 is 0.476 bits per heavy atom. The van der Waals surface area contributed by atoms with Crippen LogP contribution in [0, 0.1) is 11.8 Å². The van der Waals surface area contributed by atoms with Crippen LogP contribution in [-0.2, 0) is 57.2 Å². The van der Waals surface area contributed by atoms with Crippen LogP contribution in [0.4, 0.5) is 0 Å². The summed E-state index contributed by atoms with van der Waals surface area (Å²) in [5, 5.41) is 0. The Morgan fingerprint density at radius 2 is 0.738 bits per heavy atom. The second-order valence-electron chi connectivity index (χ2n) is 8.88. The number of rotatable bonds is 14. The van der Waals surface area contributed by atoms with E-state index in [2.05, 4.69) is 46.0 Å². The topological polar surface area (TPSA) is 158 Å². The maximum atomic E-state index is 11.2. The summed E-state index contributed by atoms with van der Waals surface area (Å²) in [6, 6.07) is 0. The molecule has 0 aromatic rings. The molecule has 0 aromatic carbocycles. The number of carbonyl (C=O) groups is 6. The fraction of sp³-hybridized carbons (Fsp3) is 0.667. The molecule has 0 aromatic heterocycles. The van der Waals surface area contributed by atoms with Crippen molar-refractivity contribution in [2.24, 2.45) is 11.8 Å². The summed E-state index contributed by atoms with van der Waals surface area (Å²) in [6.07, 6.45) is 1.72. The minimum absolute atomic E-state index is 0.185. The van der Waals surface area contributed by atoms with E-state index in [-0.39, 0.29) is 42.9 Å². The van der Waals surface area contributed by atoms with Crippen molar-refractivity contribution in [3.8, 4) is 0 Å².